The molecule has 0 saturated heterocycles. The minimum absolute atomic E-state index is 0.0511. The summed E-state index contributed by atoms with van der Waals surface area (Å²) in [5, 5.41) is 13.2. The zero-order valence-electron chi connectivity index (χ0n) is 15.2. The first kappa shape index (κ1) is 18.4. The molecule has 2 aliphatic carbocycles. The lowest BCUT2D eigenvalue weighted by Crippen LogP contribution is -2.46. The van der Waals surface area contributed by atoms with Gasteiger partial charge in [-0.1, -0.05) is 49.6 Å². The summed E-state index contributed by atoms with van der Waals surface area (Å²) >= 11 is 0. The van der Waals surface area contributed by atoms with E-state index in [-0.39, 0.29) is 23.3 Å². The molecule has 0 radical (unpaired) electrons. The van der Waals surface area contributed by atoms with Crippen LogP contribution in [-0.2, 0) is 14.9 Å². The number of nitrogens with one attached hydrogen (secondary N) is 1. The maximum atomic E-state index is 12.7. The molecule has 0 aromatic heterocycles. The molecule has 0 bridgehead atoms. The van der Waals surface area contributed by atoms with Gasteiger partial charge in [0.2, 0.25) is 5.91 Å². The molecule has 2 aliphatic rings. The summed E-state index contributed by atoms with van der Waals surface area (Å²) in [6.07, 6.45) is 7.36. The minimum atomic E-state index is -0.442. The number of benzene rings is 1. The first-order chi connectivity index (χ1) is 12.1. The van der Waals surface area contributed by atoms with Crippen molar-refractivity contribution >= 4 is 5.91 Å². The highest BCUT2D eigenvalue weighted by Crippen LogP contribution is 2.39. The number of carbonyl (C=O) groups is 1. The number of methoxy groups -OCH3 is 1. The highest BCUT2D eigenvalue weighted by molar-refractivity contribution is 5.79. The number of hydrogen-bond donors (Lipinski definition) is 2. The molecule has 1 aromatic carbocycles. The number of amides is 1. The van der Waals surface area contributed by atoms with Crippen LogP contribution in [0.1, 0.15) is 56.9 Å². The highest BCUT2D eigenvalue weighted by Gasteiger charge is 2.36. The summed E-state index contributed by atoms with van der Waals surface area (Å²) in [4.78, 5) is 12.7. The van der Waals surface area contributed by atoms with Gasteiger partial charge in [0, 0.05) is 25.0 Å². The molecule has 4 nitrogen and oxygen atoms in total. The summed E-state index contributed by atoms with van der Waals surface area (Å²) in [5.74, 6) is 0.0691. The zero-order valence-corrected chi connectivity index (χ0v) is 15.2. The van der Waals surface area contributed by atoms with E-state index in [2.05, 4.69) is 35.6 Å². The van der Waals surface area contributed by atoms with Gasteiger partial charge in [0.25, 0.3) is 0 Å². The van der Waals surface area contributed by atoms with Gasteiger partial charge in [-0.3, -0.25) is 4.79 Å². The fraction of sp³-hybridized carbons (Fsp3) is 0.667. The van der Waals surface area contributed by atoms with Crippen LogP contribution < -0.4 is 5.32 Å². The maximum absolute atomic E-state index is 12.7. The molecule has 138 valence electrons. The molecule has 3 atom stereocenters. The average molecular weight is 345 g/mol. The smallest absolute Gasteiger partial charge is 0.223 e. The van der Waals surface area contributed by atoms with Gasteiger partial charge in [0.05, 0.1) is 12.2 Å². The predicted octanol–water partition coefficient (Wildman–Crippen LogP) is 3.18. The summed E-state index contributed by atoms with van der Waals surface area (Å²) in [6.45, 7) is 0.715. The standard InChI is InChI=1S/C21H31NO3/c1-25-19-14-16(10-11-18(19)23)20(24)22-15-21(12-6-3-7-13-21)17-8-4-2-5-9-17/h2,4-5,8-9,16,18-19,23H,3,6-7,10-15H2,1H3,(H,22,24)/t16-,18+,19-/m1/s1. The number of aliphatic hydroxyl groups excluding tert-OH is 1. The minimum Gasteiger partial charge on any atom is -0.390 e. The van der Waals surface area contributed by atoms with Crippen LogP contribution in [0, 0.1) is 5.92 Å². The molecular weight excluding hydrogens is 314 g/mol. The fourth-order valence-corrected chi connectivity index (χ4v) is 4.59. The van der Waals surface area contributed by atoms with Gasteiger partial charge in [-0.15, -0.1) is 0 Å². The van der Waals surface area contributed by atoms with E-state index in [9.17, 15) is 9.90 Å². The van der Waals surface area contributed by atoms with Crippen LogP contribution in [0.15, 0.2) is 30.3 Å². The first-order valence-corrected chi connectivity index (χ1v) is 9.69. The molecule has 1 amide bonds. The first-order valence-electron chi connectivity index (χ1n) is 9.69. The average Bonchev–Trinajstić information content (AvgIpc) is 2.68. The second-order valence-electron chi connectivity index (χ2n) is 7.78. The Morgan fingerprint density at radius 3 is 2.60 bits per heavy atom. The third-order valence-corrected chi connectivity index (χ3v) is 6.23. The predicted molar refractivity (Wildman–Crippen MR) is 98.4 cm³/mol. The molecule has 2 N–H and O–H groups in total. The third kappa shape index (κ3) is 4.24. The second-order valence-corrected chi connectivity index (χ2v) is 7.78. The molecule has 0 unspecified atom stereocenters. The highest BCUT2D eigenvalue weighted by atomic mass is 16.5. The SMILES string of the molecule is CO[C@@H]1C[C@H](C(=O)NCC2(c3ccccc3)CCCCC2)CC[C@@H]1O. The van der Waals surface area contributed by atoms with Crippen molar-refractivity contribution < 1.29 is 14.6 Å². The Balaban J connectivity index is 1.64. The van der Waals surface area contributed by atoms with E-state index in [1.54, 1.807) is 7.11 Å². The maximum Gasteiger partial charge on any atom is 0.223 e. The lowest BCUT2D eigenvalue weighted by atomic mass is 9.69. The number of carbonyl (C=O) groups excluding carboxylic acids is 1. The Kier molecular flexibility index (Phi) is 6.13. The van der Waals surface area contributed by atoms with E-state index >= 15 is 0 Å². The van der Waals surface area contributed by atoms with Gasteiger partial charge in [-0.25, -0.2) is 0 Å². The molecule has 0 aliphatic heterocycles. The zero-order chi connectivity index (χ0) is 17.7. The molecule has 2 fully saturated rings. The van der Waals surface area contributed by atoms with Crippen molar-refractivity contribution in [2.24, 2.45) is 5.92 Å². The van der Waals surface area contributed by atoms with Crippen LogP contribution in [0.4, 0.5) is 0 Å². The van der Waals surface area contributed by atoms with E-state index < -0.39 is 6.10 Å². The van der Waals surface area contributed by atoms with Crippen molar-refractivity contribution in [1.82, 2.24) is 5.32 Å². The van der Waals surface area contributed by atoms with Crippen LogP contribution in [0.2, 0.25) is 0 Å². The van der Waals surface area contributed by atoms with Crippen LogP contribution >= 0.6 is 0 Å². The number of rotatable bonds is 5. The molecule has 25 heavy (non-hydrogen) atoms. The fourth-order valence-electron chi connectivity index (χ4n) is 4.59. The van der Waals surface area contributed by atoms with Crippen molar-refractivity contribution in [3.05, 3.63) is 35.9 Å². The van der Waals surface area contributed by atoms with Crippen molar-refractivity contribution in [2.75, 3.05) is 13.7 Å². The summed E-state index contributed by atoms with van der Waals surface area (Å²) in [6, 6.07) is 10.7. The molecule has 2 saturated carbocycles. The van der Waals surface area contributed by atoms with Crippen LogP contribution in [-0.4, -0.2) is 36.9 Å². The van der Waals surface area contributed by atoms with Gasteiger partial charge >= 0.3 is 0 Å². The molecule has 1 aromatic rings. The summed E-state index contributed by atoms with van der Waals surface area (Å²) in [7, 11) is 1.61. The van der Waals surface area contributed by atoms with Crippen molar-refractivity contribution in [2.45, 2.75) is 69.0 Å². The third-order valence-electron chi connectivity index (χ3n) is 6.23. The Labute approximate surface area is 151 Å². The van der Waals surface area contributed by atoms with E-state index in [1.165, 1.54) is 24.8 Å². The van der Waals surface area contributed by atoms with Gasteiger partial charge in [0.1, 0.15) is 0 Å². The van der Waals surface area contributed by atoms with E-state index in [0.29, 0.717) is 19.4 Å². The Bertz CT molecular complexity index is 554. The lowest BCUT2D eigenvalue weighted by Gasteiger charge is -2.39. The largest absolute Gasteiger partial charge is 0.390 e. The van der Waals surface area contributed by atoms with Crippen molar-refractivity contribution in [3.8, 4) is 0 Å². The molecule has 3 rings (SSSR count). The van der Waals surface area contributed by atoms with Crippen molar-refractivity contribution in [3.63, 3.8) is 0 Å². The quantitative estimate of drug-likeness (QED) is 0.862. The summed E-state index contributed by atoms with van der Waals surface area (Å²) < 4.78 is 5.34. The van der Waals surface area contributed by atoms with Gasteiger partial charge < -0.3 is 15.2 Å². The Hall–Kier alpha value is -1.39. The number of aliphatic hydroxyl groups is 1. The van der Waals surface area contributed by atoms with E-state index in [4.69, 9.17) is 4.74 Å². The van der Waals surface area contributed by atoms with Crippen LogP contribution in [0.5, 0.6) is 0 Å². The van der Waals surface area contributed by atoms with Gasteiger partial charge in [-0.2, -0.15) is 0 Å². The monoisotopic (exact) mass is 345 g/mol. The van der Waals surface area contributed by atoms with Crippen LogP contribution in [0.3, 0.4) is 0 Å². The molecule has 0 spiro atoms. The van der Waals surface area contributed by atoms with Gasteiger partial charge in [-0.05, 0) is 37.7 Å². The second kappa shape index (κ2) is 8.33. The van der Waals surface area contributed by atoms with E-state index in [0.717, 1.165) is 19.3 Å². The normalized spacial score (nSPS) is 29.1. The van der Waals surface area contributed by atoms with Crippen LogP contribution in [0.25, 0.3) is 0 Å². The van der Waals surface area contributed by atoms with Crippen molar-refractivity contribution in [1.29, 1.82) is 0 Å². The molecule has 0 heterocycles. The number of hydrogen-bond acceptors (Lipinski definition) is 3. The molecular formula is C21H31NO3. The Morgan fingerprint density at radius 2 is 1.92 bits per heavy atom. The topological polar surface area (TPSA) is 58.6 Å². The molecule has 4 heteroatoms. The summed E-state index contributed by atoms with van der Waals surface area (Å²) in [5.41, 5.74) is 1.42. The van der Waals surface area contributed by atoms with E-state index in [1.807, 2.05) is 0 Å². The lowest BCUT2D eigenvalue weighted by molar-refractivity contribution is -0.130. The number of ether oxygens (including phenoxy) is 1. The van der Waals surface area contributed by atoms with Gasteiger partial charge in [0.15, 0.2) is 0 Å². The Morgan fingerprint density at radius 1 is 1.20 bits per heavy atom.